The van der Waals surface area contributed by atoms with Crippen molar-refractivity contribution in [3.05, 3.63) is 39.6 Å². The highest BCUT2D eigenvalue weighted by atomic mass is 32.2. The molecule has 2 N–H and O–H groups in total. The maximum absolute atomic E-state index is 13.1. The Labute approximate surface area is 205 Å². The first-order chi connectivity index (χ1) is 16.0. The molecule has 0 bridgehead atoms. The second kappa shape index (κ2) is 10.3. The Bertz CT molecular complexity index is 1210. The molecule has 194 valence electrons. The highest BCUT2D eigenvalue weighted by Crippen LogP contribution is 2.36. The molecule has 1 aromatic carbocycles. The number of amides is 1. The monoisotopic (exact) mass is 511 g/mol. The third kappa shape index (κ3) is 6.99. The Kier molecular flexibility index (Phi) is 8.30. The highest BCUT2D eigenvalue weighted by molar-refractivity contribution is 7.89. The fraction of sp³-hybridized carbons (Fsp3) is 0.545. The van der Waals surface area contributed by atoms with Gasteiger partial charge < -0.3 is 14.8 Å². The summed E-state index contributed by atoms with van der Waals surface area (Å²) in [6.45, 7) is 12.7. The number of hydrogen-bond donors (Lipinski definition) is 2. The molecule has 0 unspecified atom stereocenters. The molecule has 2 rings (SSSR count). The van der Waals surface area contributed by atoms with Crippen molar-refractivity contribution >= 4 is 21.6 Å². The molecule has 12 nitrogen and oxygen atoms in total. The van der Waals surface area contributed by atoms with Crippen LogP contribution in [0.5, 0.6) is 11.6 Å². The Morgan fingerprint density at radius 3 is 2.34 bits per heavy atom. The lowest BCUT2D eigenvalue weighted by molar-refractivity contribution is -0.385. The Balaban J connectivity index is 2.66. The van der Waals surface area contributed by atoms with Crippen molar-refractivity contribution in [1.82, 2.24) is 19.8 Å². The molecule has 1 amide bonds. The fourth-order valence-electron chi connectivity index (χ4n) is 3.09. The third-order valence-corrected chi connectivity index (χ3v) is 6.36. The number of nitro groups is 1. The van der Waals surface area contributed by atoms with Crippen molar-refractivity contribution in [2.24, 2.45) is 0 Å². The van der Waals surface area contributed by atoms with E-state index in [1.165, 1.54) is 17.9 Å². The summed E-state index contributed by atoms with van der Waals surface area (Å²) in [6, 6.07) is 3.30. The van der Waals surface area contributed by atoms with Crippen molar-refractivity contribution in [1.29, 1.82) is 0 Å². The van der Waals surface area contributed by atoms with E-state index in [-0.39, 0.29) is 23.9 Å². The summed E-state index contributed by atoms with van der Waals surface area (Å²) in [5.41, 5.74) is -1.43. The predicted octanol–water partition coefficient (Wildman–Crippen LogP) is 3.10. The minimum atomic E-state index is -4.21. The van der Waals surface area contributed by atoms with Crippen LogP contribution in [0, 0.1) is 17.0 Å². The van der Waals surface area contributed by atoms with Gasteiger partial charge in [0.25, 0.3) is 11.6 Å². The number of hydrogen-bond acceptors (Lipinski definition) is 8. The minimum Gasteiger partial charge on any atom is -0.438 e. The zero-order valence-corrected chi connectivity index (χ0v) is 22.1. The molecule has 0 atom stereocenters. The molecule has 1 aromatic heterocycles. The van der Waals surface area contributed by atoms with E-state index in [9.17, 15) is 23.3 Å². The summed E-state index contributed by atoms with van der Waals surface area (Å²) in [5.74, 6) is -0.457. The van der Waals surface area contributed by atoms with Crippen LogP contribution in [0.1, 0.15) is 57.6 Å². The van der Waals surface area contributed by atoms with Gasteiger partial charge in [0.1, 0.15) is 10.6 Å². The van der Waals surface area contributed by atoms with E-state index in [2.05, 4.69) is 15.1 Å². The summed E-state index contributed by atoms with van der Waals surface area (Å²) in [5, 5.41) is 18.5. The number of non-ortho nitro benzene ring substituents is 1. The van der Waals surface area contributed by atoms with E-state index in [4.69, 9.17) is 9.47 Å². The van der Waals surface area contributed by atoms with Crippen LogP contribution in [-0.2, 0) is 20.3 Å². The van der Waals surface area contributed by atoms with Gasteiger partial charge in [0.2, 0.25) is 15.9 Å². The van der Waals surface area contributed by atoms with Gasteiger partial charge in [-0.15, -0.1) is 0 Å². The van der Waals surface area contributed by atoms with Gasteiger partial charge >= 0.3 is 0 Å². The highest BCUT2D eigenvalue weighted by Gasteiger charge is 2.31. The number of benzene rings is 1. The van der Waals surface area contributed by atoms with Gasteiger partial charge in [-0.2, -0.15) is 5.10 Å². The Morgan fingerprint density at radius 2 is 1.83 bits per heavy atom. The van der Waals surface area contributed by atoms with E-state index in [1.807, 2.05) is 20.8 Å². The Morgan fingerprint density at radius 1 is 1.20 bits per heavy atom. The van der Waals surface area contributed by atoms with Crippen LogP contribution < -0.4 is 14.8 Å². The molecule has 0 saturated carbocycles. The van der Waals surface area contributed by atoms with Crippen LogP contribution in [0.4, 0.5) is 5.69 Å². The van der Waals surface area contributed by atoms with Crippen molar-refractivity contribution in [3.8, 4) is 11.6 Å². The topological polar surface area (TPSA) is 155 Å². The molecule has 13 heteroatoms. The van der Waals surface area contributed by atoms with Crippen LogP contribution >= 0.6 is 0 Å². The number of methoxy groups -OCH3 is 1. The first-order valence-electron chi connectivity index (χ1n) is 10.9. The summed E-state index contributed by atoms with van der Waals surface area (Å²) in [4.78, 5) is 23.0. The number of rotatable bonds is 9. The predicted molar refractivity (Wildman–Crippen MR) is 129 cm³/mol. The summed E-state index contributed by atoms with van der Waals surface area (Å²) in [6.07, 6.45) is 0. The number of nitro benzene ring substituents is 1. The number of ether oxygens (including phenoxy) is 2. The smallest absolute Gasteiger partial charge is 0.272 e. The molecule has 0 fully saturated rings. The van der Waals surface area contributed by atoms with Gasteiger partial charge in [-0.1, -0.05) is 0 Å². The second-order valence-corrected chi connectivity index (χ2v) is 11.6. The number of aromatic nitrogens is 2. The van der Waals surface area contributed by atoms with E-state index >= 15 is 0 Å². The number of nitrogens with one attached hydrogen (secondary N) is 2. The van der Waals surface area contributed by atoms with Gasteiger partial charge in [0.05, 0.1) is 17.1 Å². The molecule has 1 heterocycles. The lowest BCUT2D eigenvalue weighted by Crippen LogP contribution is -2.40. The van der Waals surface area contributed by atoms with Crippen molar-refractivity contribution in [3.63, 3.8) is 0 Å². The summed E-state index contributed by atoms with van der Waals surface area (Å²) < 4.78 is 41.3. The number of sulfonamides is 1. The van der Waals surface area contributed by atoms with E-state index in [1.54, 1.807) is 27.7 Å². The normalized spacial score (nSPS) is 12.5. The van der Waals surface area contributed by atoms with Gasteiger partial charge in [0, 0.05) is 36.9 Å². The first-order valence-corrected chi connectivity index (χ1v) is 12.3. The molecule has 2 aromatic rings. The maximum atomic E-state index is 13.1. The van der Waals surface area contributed by atoms with E-state index < -0.39 is 42.5 Å². The SMILES string of the molecule is COCCNC(=O)c1nn(C(C)(C)C)c(Oc2ccc([N+](=O)[O-])cc2S(=O)(=O)NC(C)(C)C)c1C. The van der Waals surface area contributed by atoms with Crippen molar-refractivity contribution in [2.45, 2.75) is 64.4 Å². The van der Waals surface area contributed by atoms with Crippen LogP contribution in [0.2, 0.25) is 0 Å². The van der Waals surface area contributed by atoms with Crippen molar-refractivity contribution < 1.29 is 27.6 Å². The summed E-state index contributed by atoms with van der Waals surface area (Å²) in [7, 11) is -2.70. The van der Waals surface area contributed by atoms with Crippen LogP contribution in [0.3, 0.4) is 0 Å². The van der Waals surface area contributed by atoms with Gasteiger partial charge in [-0.25, -0.2) is 17.8 Å². The average molecular weight is 512 g/mol. The van der Waals surface area contributed by atoms with Crippen LogP contribution in [0.25, 0.3) is 0 Å². The molecule has 0 aliphatic rings. The molecule has 0 spiro atoms. The quantitative estimate of drug-likeness (QED) is 0.296. The minimum absolute atomic E-state index is 0.102. The third-order valence-electron chi connectivity index (χ3n) is 4.59. The van der Waals surface area contributed by atoms with E-state index in [0.717, 1.165) is 12.1 Å². The zero-order chi connectivity index (χ0) is 26.8. The molecule has 35 heavy (non-hydrogen) atoms. The molecule has 0 aliphatic carbocycles. The summed E-state index contributed by atoms with van der Waals surface area (Å²) >= 11 is 0. The molecular weight excluding hydrogens is 478 g/mol. The molecular formula is C22H33N5O7S. The first kappa shape index (κ1) is 28.2. The van der Waals surface area contributed by atoms with Crippen molar-refractivity contribution in [2.75, 3.05) is 20.3 Å². The lowest BCUT2D eigenvalue weighted by atomic mass is 10.1. The fourth-order valence-corrected chi connectivity index (χ4v) is 4.65. The van der Waals surface area contributed by atoms with Gasteiger partial charge in [-0.3, -0.25) is 14.9 Å². The second-order valence-electron chi connectivity index (χ2n) is 9.96. The molecule has 0 saturated heterocycles. The van der Waals surface area contributed by atoms with Crippen LogP contribution in [0.15, 0.2) is 23.1 Å². The number of carbonyl (C=O) groups excluding carboxylic acids is 1. The standard InChI is InChI=1S/C22H33N5O7S/c1-14-18(19(28)23-11-12-33-8)24-26(22(5,6)7)20(14)34-16-10-9-15(27(29)30)13-17(16)35(31,32)25-21(2,3)4/h9-10,13,25H,11-12H2,1-8H3,(H,23,28). The molecule has 0 radical (unpaired) electrons. The molecule has 0 aliphatic heterocycles. The number of carbonyl (C=O) groups is 1. The lowest BCUT2D eigenvalue weighted by Gasteiger charge is -2.24. The largest absolute Gasteiger partial charge is 0.438 e. The Hall–Kier alpha value is -3.03. The number of nitrogens with zero attached hydrogens (tertiary/aromatic N) is 3. The average Bonchev–Trinajstić information content (AvgIpc) is 3.03. The van der Waals surface area contributed by atoms with Crippen LogP contribution in [-0.4, -0.2) is 54.8 Å². The zero-order valence-electron chi connectivity index (χ0n) is 21.3. The van der Waals surface area contributed by atoms with Gasteiger partial charge in [0.15, 0.2) is 5.69 Å². The van der Waals surface area contributed by atoms with Gasteiger partial charge in [-0.05, 0) is 54.5 Å². The van der Waals surface area contributed by atoms with E-state index in [0.29, 0.717) is 12.2 Å². The maximum Gasteiger partial charge on any atom is 0.272 e.